The molecule has 0 spiro atoms. The molecule has 0 amide bonds. The number of anilines is 2. The molecule has 2 saturated heterocycles. The van der Waals surface area contributed by atoms with Crippen molar-refractivity contribution in [2.75, 3.05) is 30.8 Å². The zero-order chi connectivity index (χ0) is 11.3. The number of aromatic nitrogens is 1. The summed E-state index contributed by atoms with van der Waals surface area (Å²) in [6.45, 7) is 2.13. The van der Waals surface area contributed by atoms with Crippen LogP contribution < -0.4 is 10.6 Å². The number of rotatable bonds is 1. The number of hydrogen-bond acceptors (Lipinski definition) is 4. The summed E-state index contributed by atoms with van der Waals surface area (Å²) in [4.78, 5) is 9.08. The lowest BCUT2D eigenvalue weighted by Gasteiger charge is -2.33. The first kappa shape index (κ1) is 10.2. The van der Waals surface area contributed by atoms with Crippen LogP contribution in [0.25, 0.3) is 0 Å². The second kappa shape index (κ2) is 3.50. The Labute approximate surface area is 100.0 Å². The molecule has 1 aromatic rings. The molecule has 0 aromatic carbocycles. The molecular formula is C11H15ClN4. The third-order valence-electron chi connectivity index (χ3n) is 3.63. The SMILES string of the molecule is CN1C[C@H]2C[C@@H]1CN2c1ncc(N)cc1Cl. The van der Waals surface area contributed by atoms with E-state index in [4.69, 9.17) is 17.3 Å². The van der Waals surface area contributed by atoms with Gasteiger partial charge in [0.05, 0.1) is 16.9 Å². The van der Waals surface area contributed by atoms with E-state index in [9.17, 15) is 0 Å². The van der Waals surface area contributed by atoms with Crippen LogP contribution in [0.1, 0.15) is 6.42 Å². The molecular weight excluding hydrogens is 224 g/mol. The van der Waals surface area contributed by atoms with Crippen LogP contribution >= 0.6 is 11.6 Å². The Bertz CT molecular complexity index is 420. The zero-order valence-electron chi connectivity index (χ0n) is 9.23. The van der Waals surface area contributed by atoms with E-state index in [1.807, 2.05) is 0 Å². The minimum Gasteiger partial charge on any atom is -0.397 e. The highest BCUT2D eigenvalue weighted by Gasteiger charge is 2.42. The smallest absolute Gasteiger partial charge is 0.147 e. The van der Waals surface area contributed by atoms with Crippen LogP contribution in [0.4, 0.5) is 11.5 Å². The highest BCUT2D eigenvalue weighted by Crippen LogP contribution is 2.36. The summed E-state index contributed by atoms with van der Waals surface area (Å²) >= 11 is 6.19. The largest absolute Gasteiger partial charge is 0.397 e. The predicted octanol–water partition coefficient (Wildman–Crippen LogP) is 1.21. The Morgan fingerprint density at radius 1 is 1.44 bits per heavy atom. The Balaban J connectivity index is 1.89. The summed E-state index contributed by atoms with van der Waals surface area (Å²) in [7, 11) is 2.18. The number of fused-ring (bicyclic) bond motifs is 2. The molecule has 86 valence electrons. The van der Waals surface area contributed by atoms with Gasteiger partial charge in [-0.3, -0.25) is 4.90 Å². The zero-order valence-corrected chi connectivity index (χ0v) is 9.98. The third-order valence-corrected chi connectivity index (χ3v) is 3.91. The first-order valence-corrected chi connectivity index (χ1v) is 5.91. The van der Waals surface area contributed by atoms with Crippen molar-refractivity contribution in [3.8, 4) is 0 Å². The standard InChI is InChI=1S/C11H15ClN4/c1-15-5-9-3-8(15)6-16(9)11-10(12)2-7(13)4-14-11/h2,4,8-9H,3,5-6,13H2,1H3/t8-,9-/m1/s1. The first-order chi connectivity index (χ1) is 7.65. The average molecular weight is 239 g/mol. The number of nitrogens with two attached hydrogens (primary N) is 1. The van der Waals surface area contributed by atoms with E-state index in [2.05, 4.69) is 21.8 Å². The normalized spacial score (nSPS) is 29.0. The fourth-order valence-electron chi connectivity index (χ4n) is 2.78. The van der Waals surface area contributed by atoms with Gasteiger partial charge in [-0.25, -0.2) is 4.98 Å². The molecule has 16 heavy (non-hydrogen) atoms. The van der Waals surface area contributed by atoms with E-state index in [0.29, 0.717) is 22.8 Å². The van der Waals surface area contributed by atoms with Crippen molar-refractivity contribution in [1.29, 1.82) is 0 Å². The van der Waals surface area contributed by atoms with Crippen molar-refractivity contribution >= 4 is 23.1 Å². The van der Waals surface area contributed by atoms with E-state index in [1.54, 1.807) is 12.3 Å². The average Bonchev–Trinajstić information content (AvgIpc) is 2.76. The third kappa shape index (κ3) is 1.44. The molecule has 1 aromatic heterocycles. The number of likely N-dealkylation sites (tertiary alicyclic amines) is 1. The monoisotopic (exact) mass is 238 g/mol. The maximum atomic E-state index is 6.19. The fraction of sp³-hybridized carbons (Fsp3) is 0.545. The molecule has 3 heterocycles. The highest BCUT2D eigenvalue weighted by atomic mass is 35.5. The van der Waals surface area contributed by atoms with Crippen LogP contribution in [-0.4, -0.2) is 42.1 Å². The predicted molar refractivity (Wildman–Crippen MR) is 65.8 cm³/mol. The minimum absolute atomic E-state index is 0.559. The Hall–Kier alpha value is -1.00. The van der Waals surface area contributed by atoms with Crippen molar-refractivity contribution in [1.82, 2.24) is 9.88 Å². The molecule has 2 N–H and O–H groups in total. The number of hydrogen-bond donors (Lipinski definition) is 1. The van der Waals surface area contributed by atoms with Gasteiger partial charge in [-0.05, 0) is 19.5 Å². The van der Waals surface area contributed by atoms with Crippen molar-refractivity contribution in [2.24, 2.45) is 0 Å². The number of nitrogen functional groups attached to an aromatic ring is 1. The van der Waals surface area contributed by atoms with Crippen molar-refractivity contribution < 1.29 is 0 Å². The molecule has 5 heteroatoms. The molecule has 3 rings (SSSR count). The number of likely N-dealkylation sites (N-methyl/N-ethyl adjacent to an activating group) is 1. The van der Waals surface area contributed by atoms with Crippen LogP contribution in [-0.2, 0) is 0 Å². The molecule has 0 saturated carbocycles. The Morgan fingerprint density at radius 2 is 2.25 bits per heavy atom. The van der Waals surface area contributed by atoms with Gasteiger partial charge in [0.2, 0.25) is 0 Å². The van der Waals surface area contributed by atoms with Crippen molar-refractivity contribution in [2.45, 2.75) is 18.5 Å². The molecule has 2 bridgehead atoms. The minimum atomic E-state index is 0.559. The van der Waals surface area contributed by atoms with E-state index >= 15 is 0 Å². The molecule has 4 nitrogen and oxygen atoms in total. The molecule has 2 fully saturated rings. The lowest BCUT2D eigenvalue weighted by molar-refractivity contribution is 0.292. The van der Waals surface area contributed by atoms with Crippen LogP contribution in [0.2, 0.25) is 5.02 Å². The summed E-state index contributed by atoms with van der Waals surface area (Å²) in [6, 6.07) is 2.99. The Kier molecular flexibility index (Phi) is 2.23. The van der Waals surface area contributed by atoms with E-state index in [-0.39, 0.29) is 0 Å². The van der Waals surface area contributed by atoms with Crippen LogP contribution in [0.3, 0.4) is 0 Å². The fourth-order valence-corrected chi connectivity index (χ4v) is 3.07. The Morgan fingerprint density at radius 3 is 2.81 bits per heavy atom. The molecule has 2 aliphatic heterocycles. The molecule has 0 radical (unpaired) electrons. The maximum Gasteiger partial charge on any atom is 0.147 e. The van der Waals surface area contributed by atoms with Gasteiger partial charge in [0.1, 0.15) is 5.82 Å². The van der Waals surface area contributed by atoms with Gasteiger partial charge in [-0.15, -0.1) is 0 Å². The van der Waals surface area contributed by atoms with Crippen molar-refractivity contribution in [3.05, 3.63) is 17.3 Å². The van der Waals surface area contributed by atoms with Crippen LogP contribution in [0.5, 0.6) is 0 Å². The van der Waals surface area contributed by atoms with Gasteiger partial charge < -0.3 is 10.6 Å². The van der Waals surface area contributed by atoms with E-state index in [0.717, 1.165) is 18.9 Å². The van der Waals surface area contributed by atoms with Gasteiger partial charge >= 0.3 is 0 Å². The second-order valence-corrected chi connectivity index (χ2v) is 5.12. The highest BCUT2D eigenvalue weighted by molar-refractivity contribution is 6.33. The van der Waals surface area contributed by atoms with Crippen molar-refractivity contribution in [3.63, 3.8) is 0 Å². The van der Waals surface area contributed by atoms with Gasteiger partial charge in [0.25, 0.3) is 0 Å². The van der Waals surface area contributed by atoms with E-state index in [1.165, 1.54) is 6.42 Å². The summed E-state index contributed by atoms with van der Waals surface area (Å²) < 4.78 is 0. The van der Waals surface area contributed by atoms with Gasteiger partial charge in [0.15, 0.2) is 0 Å². The van der Waals surface area contributed by atoms with Gasteiger partial charge in [-0.1, -0.05) is 11.6 Å². The summed E-state index contributed by atoms with van der Waals surface area (Å²) in [5.41, 5.74) is 6.27. The van der Waals surface area contributed by atoms with E-state index < -0.39 is 0 Å². The lowest BCUT2D eigenvalue weighted by atomic mass is 10.2. The van der Waals surface area contributed by atoms with Crippen LogP contribution in [0.15, 0.2) is 12.3 Å². The summed E-state index contributed by atoms with van der Waals surface area (Å²) in [5, 5.41) is 0.662. The summed E-state index contributed by atoms with van der Waals surface area (Å²) in [6.07, 6.45) is 2.90. The second-order valence-electron chi connectivity index (χ2n) is 4.71. The number of piperazine rings is 1. The molecule has 2 atom stereocenters. The molecule has 2 aliphatic rings. The summed E-state index contributed by atoms with van der Waals surface area (Å²) in [5.74, 6) is 0.886. The number of pyridine rings is 1. The maximum absolute atomic E-state index is 6.19. The van der Waals surface area contributed by atoms with Crippen LogP contribution in [0, 0.1) is 0 Å². The van der Waals surface area contributed by atoms with Gasteiger partial charge in [0, 0.05) is 25.2 Å². The van der Waals surface area contributed by atoms with Gasteiger partial charge in [-0.2, -0.15) is 0 Å². The first-order valence-electron chi connectivity index (χ1n) is 5.53. The topological polar surface area (TPSA) is 45.4 Å². The number of nitrogens with zero attached hydrogens (tertiary/aromatic N) is 3. The molecule has 0 aliphatic carbocycles. The molecule has 0 unspecified atom stereocenters. The number of halogens is 1. The lowest BCUT2D eigenvalue weighted by Crippen LogP contribution is -2.45. The quantitative estimate of drug-likeness (QED) is 0.799.